The molecule has 17 heteroatoms. The highest BCUT2D eigenvalue weighted by Crippen LogP contribution is 2.42. The van der Waals surface area contributed by atoms with Gasteiger partial charge in [-0.15, -0.1) is 0 Å². The van der Waals surface area contributed by atoms with E-state index < -0.39 is 40.9 Å². The van der Waals surface area contributed by atoms with Crippen molar-refractivity contribution < 1.29 is 61.8 Å². The third-order valence-electron chi connectivity index (χ3n) is 6.76. The van der Waals surface area contributed by atoms with E-state index in [9.17, 15) is 18.9 Å². The van der Waals surface area contributed by atoms with Gasteiger partial charge >= 0.3 is 28.4 Å². The van der Waals surface area contributed by atoms with Gasteiger partial charge < -0.3 is 47.8 Å². The van der Waals surface area contributed by atoms with Gasteiger partial charge in [-0.2, -0.15) is 0 Å². The predicted octanol–water partition coefficient (Wildman–Crippen LogP) is 4.27. The first-order valence-electron chi connectivity index (χ1n) is 13.9. The quantitative estimate of drug-likeness (QED) is 0.114. The molecule has 4 aromatic rings. The van der Waals surface area contributed by atoms with E-state index in [4.69, 9.17) is 38.3 Å². The standard InChI is InChI=1S/C31H32N2O13P2/c1-19-27(45-30(35)22-11-7-21(8-12-22)18-44-48(39,40)41)28(46-31(36)23-9-5-20(6-10-23)17-43-47(37)38)26(29(34)32(2)3)33(19)24-13-15-25(42-4)16-14-24/h5-16,37-38H,17-18H2,1-4H3,(H2,39,40,41). The molecule has 1 aromatic heterocycles. The molecule has 0 aliphatic rings. The highest BCUT2D eigenvalue weighted by Gasteiger charge is 2.33. The van der Waals surface area contributed by atoms with Gasteiger partial charge in [0.1, 0.15) is 5.75 Å². The number of carbonyl (C=O) groups excluding carboxylic acids is 3. The summed E-state index contributed by atoms with van der Waals surface area (Å²) >= 11 is 0. The zero-order chi connectivity index (χ0) is 35.2. The number of amides is 1. The summed E-state index contributed by atoms with van der Waals surface area (Å²) in [6.07, 6.45) is 0. The fraction of sp³-hybridized carbons (Fsp3) is 0.194. The van der Waals surface area contributed by atoms with E-state index in [0.717, 1.165) is 0 Å². The molecule has 15 nitrogen and oxygen atoms in total. The van der Waals surface area contributed by atoms with Gasteiger partial charge in [0.2, 0.25) is 5.75 Å². The van der Waals surface area contributed by atoms with Crippen molar-refractivity contribution in [1.82, 2.24) is 9.47 Å². The predicted molar refractivity (Wildman–Crippen MR) is 171 cm³/mol. The van der Waals surface area contributed by atoms with Crippen LogP contribution in [0.5, 0.6) is 17.2 Å². The molecule has 0 aliphatic heterocycles. The summed E-state index contributed by atoms with van der Waals surface area (Å²) < 4.78 is 38.7. The lowest BCUT2D eigenvalue weighted by atomic mass is 10.1. The fourth-order valence-electron chi connectivity index (χ4n) is 4.38. The van der Waals surface area contributed by atoms with Crippen molar-refractivity contribution in [2.45, 2.75) is 20.1 Å². The first kappa shape index (κ1) is 36.4. The topological polar surface area (TPSA) is 204 Å². The number of nitrogens with zero attached hydrogens (tertiary/aromatic N) is 2. The zero-order valence-electron chi connectivity index (χ0n) is 26.1. The Morgan fingerprint density at radius 2 is 1.29 bits per heavy atom. The van der Waals surface area contributed by atoms with Gasteiger partial charge in [0.15, 0.2) is 11.4 Å². The molecule has 0 fully saturated rings. The summed E-state index contributed by atoms with van der Waals surface area (Å²) in [6.45, 7) is 1.06. The van der Waals surface area contributed by atoms with Crippen molar-refractivity contribution in [3.63, 3.8) is 0 Å². The van der Waals surface area contributed by atoms with Crippen molar-refractivity contribution in [3.8, 4) is 22.9 Å². The lowest BCUT2D eigenvalue weighted by Gasteiger charge is -2.16. The van der Waals surface area contributed by atoms with Crippen molar-refractivity contribution >= 4 is 34.3 Å². The molecular weight excluding hydrogens is 670 g/mol. The molecule has 0 bridgehead atoms. The Morgan fingerprint density at radius 1 is 0.792 bits per heavy atom. The molecule has 3 aromatic carbocycles. The van der Waals surface area contributed by atoms with Crippen LogP contribution in [0.25, 0.3) is 5.69 Å². The number of carbonyl (C=O) groups is 3. The summed E-state index contributed by atoms with van der Waals surface area (Å²) in [5.74, 6) is -2.35. The average Bonchev–Trinajstić information content (AvgIpc) is 3.32. The van der Waals surface area contributed by atoms with Crippen LogP contribution in [0, 0.1) is 6.92 Å². The molecule has 48 heavy (non-hydrogen) atoms. The van der Waals surface area contributed by atoms with Crippen LogP contribution < -0.4 is 14.2 Å². The number of aromatic nitrogens is 1. The Hall–Kier alpha value is -4.43. The maximum atomic E-state index is 13.7. The molecule has 0 saturated heterocycles. The van der Waals surface area contributed by atoms with Gasteiger partial charge in [-0.25, -0.2) is 14.2 Å². The largest absolute Gasteiger partial charge is 0.497 e. The second-order valence-corrected chi connectivity index (χ2v) is 12.3. The minimum absolute atomic E-state index is 0.0384. The van der Waals surface area contributed by atoms with Crippen LogP contribution >= 0.6 is 16.4 Å². The number of hydrogen-bond acceptors (Lipinski definition) is 11. The van der Waals surface area contributed by atoms with Crippen molar-refractivity contribution in [1.29, 1.82) is 0 Å². The van der Waals surface area contributed by atoms with Crippen LogP contribution in [0.4, 0.5) is 0 Å². The molecule has 254 valence electrons. The lowest BCUT2D eigenvalue weighted by molar-refractivity contribution is 0.0676. The first-order valence-corrected chi connectivity index (χ1v) is 16.6. The minimum atomic E-state index is -4.71. The molecule has 4 rings (SSSR count). The highest BCUT2D eigenvalue weighted by atomic mass is 31.2. The van der Waals surface area contributed by atoms with Gasteiger partial charge in [0.05, 0.1) is 37.1 Å². The smallest absolute Gasteiger partial charge is 0.469 e. The molecule has 0 atom stereocenters. The maximum absolute atomic E-state index is 13.7. The van der Waals surface area contributed by atoms with Crippen molar-refractivity contribution in [2.75, 3.05) is 21.2 Å². The summed E-state index contributed by atoms with van der Waals surface area (Å²) in [7, 11) is -2.77. The number of benzene rings is 3. The van der Waals surface area contributed by atoms with E-state index in [-0.39, 0.29) is 40.6 Å². The second-order valence-electron chi connectivity index (χ2n) is 10.3. The van der Waals surface area contributed by atoms with Crippen LogP contribution in [0.3, 0.4) is 0 Å². The molecule has 1 amide bonds. The molecule has 0 saturated carbocycles. The fourth-order valence-corrected chi connectivity index (χ4v) is 4.97. The van der Waals surface area contributed by atoms with E-state index in [0.29, 0.717) is 22.6 Å². The van der Waals surface area contributed by atoms with E-state index in [2.05, 4.69) is 4.52 Å². The van der Waals surface area contributed by atoms with Gasteiger partial charge in [-0.05, 0) is 66.6 Å². The summed E-state index contributed by atoms with van der Waals surface area (Å²) in [5.41, 5.74) is 1.61. The van der Waals surface area contributed by atoms with Gasteiger partial charge in [-0.1, -0.05) is 24.3 Å². The summed E-state index contributed by atoms with van der Waals surface area (Å²) in [5, 5.41) is 0. The van der Waals surface area contributed by atoms with Gasteiger partial charge in [-0.3, -0.25) is 9.32 Å². The first-order chi connectivity index (χ1) is 22.7. The Kier molecular flexibility index (Phi) is 11.9. The Bertz CT molecular complexity index is 1820. The summed E-state index contributed by atoms with van der Waals surface area (Å²) in [6, 6.07) is 18.1. The van der Waals surface area contributed by atoms with Crippen LogP contribution in [-0.2, 0) is 26.8 Å². The number of phosphoric acid groups is 1. The molecule has 0 radical (unpaired) electrons. The molecule has 1 heterocycles. The van der Waals surface area contributed by atoms with E-state index in [1.54, 1.807) is 31.2 Å². The lowest BCUT2D eigenvalue weighted by Crippen LogP contribution is -2.25. The number of hydrogen-bond donors (Lipinski definition) is 4. The van der Waals surface area contributed by atoms with Crippen molar-refractivity contribution in [2.24, 2.45) is 0 Å². The number of ether oxygens (including phenoxy) is 3. The molecule has 0 unspecified atom stereocenters. The molecule has 0 aliphatic carbocycles. The van der Waals surface area contributed by atoms with Crippen molar-refractivity contribution in [3.05, 3.63) is 106 Å². The monoisotopic (exact) mass is 702 g/mol. The number of esters is 2. The minimum Gasteiger partial charge on any atom is -0.497 e. The SMILES string of the molecule is COc1ccc(-n2c(C)c(OC(=O)c3ccc(COP(=O)(O)O)cc3)c(OC(=O)c3ccc(COP(O)O)cc3)c2C(=O)N(C)C)cc1. The molecule has 4 N–H and O–H groups in total. The van der Waals surface area contributed by atoms with Crippen LogP contribution in [0.2, 0.25) is 0 Å². The molecular formula is C31H32N2O13P2. The molecule has 0 spiro atoms. The van der Waals surface area contributed by atoms with Gasteiger partial charge in [0.25, 0.3) is 5.91 Å². The summed E-state index contributed by atoms with van der Waals surface area (Å²) in [4.78, 5) is 77.7. The van der Waals surface area contributed by atoms with Crippen LogP contribution in [0.1, 0.15) is 48.0 Å². The highest BCUT2D eigenvalue weighted by molar-refractivity contribution is 7.46. The van der Waals surface area contributed by atoms with Crippen LogP contribution in [0.15, 0.2) is 72.8 Å². The second kappa shape index (κ2) is 15.6. The van der Waals surface area contributed by atoms with Gasteiger partial charge in [0, 0.05) is 19.8 Å². The van der Waals surface area contributed by atoms with E-state index in [1.165, 1.54) is 79.2 Å². The number of rotatable bonds is 13. The maximum Gasteiger partial charge on any atom is 0.469 e. The number of methoxy groups -OCH3 is 1. The zero-order valence-corrected chi connectivity index (χ0v) is 27.9. The van der Waals surface area contributed by atoms with Crippen LogP contribution in [-0.4, -0.2) is 68.1 Å². The number of phosphoric ester groups is 1. The third-order valence-corrected chi connectivity index (χ3v) is 7.59. The van der Waals surface area contributed by atoms with E-state index in [1.807, 2.05) is 0 Å². The Balaban J connectivity index is 1.77. The Morgan fingerprint density at radius 3 is 1.75 bits per heavy atom. The van der Waals surface area contributed by atoms with E-state index >= 15 is 0 Å². The average molecular weight is 703 g/mol. The third kappa shape index (κ3) is 9.13. The normalized spacial score (nSPS) is 11.4. The Labute approximate surface area is 276 Å².